The summed E-state index contributed by atoms with van der Waals surface area (Å²) in [6.45, 7) is 5.58. The first-order valence-corrected chi connectivity index (χ1v) is 10.1. The zero-order chi connectivity index (χ0) is 23.7. The van der Waals surface area contributed by atoms with Gasteiger partial charge in [-0.25, -0.2) is 9.97 Å². The van der Waals surface area contributed by atoms with Gasteiger partial charge in [0.05, 0.1) is 18.9 Å². The number of aryl methyl sites for hydroxylation is 1. The minimum atomic E-state index is -4.79. The number of halogens is 3. The summed E-state index contributed by atoms with van der Waals surface area (Å²) in [6, 6.07) is 9.50. The van der Waals surface area contributed by atoms with Gasteiger partial charge in [-0.05, 0) is 42.8 Å². The second-order valence-corrected chi connectivity index (χ2v) is 6.98. The Morgan fingerprint density at radius 3 is 2.52 bits per heavy atom. The Bertz CT molecular complexity index is 1050. The van der Waals surface area contributed by atoms with E-state index in [9.17, 15) is 18.0 Å². The largest absolute Gasteiger partial charge is 0.484 e. The average molecular weight is 460 g/mol. The third kappa shape index (κ3) is 7.81. The SMILES string of the molecule is C1COCCN1.Cc1ccc(C(=O)NC(F)(F)F)cc1Nc1nccc(-c2cccnc2)n1. The van der Waals surface area contributed by atoms with E-state index in [-0.39, 0.29) is 11.5 Å². The molecular formula is C22H23F3N6O2. The molecule has 0 bridgehead atoms. The van der Waals surface area contributed by atoms with Crippen molar-refractivity contribution in [3.8, 4) is 11.3 Å². The van der Waals surface area contributed by atoms with Crippen LogP contribution >= 0.6 is 0 Å². The number of hydrogen-bond donors (Lipinski definition) is 3. The number of morpholine rings is 1. The topological polar surface area (TPSA) is 101 Å². The van der Waals surface area contributed by atoms with Gasteiger partial charge in [-0.3, -0.25) is 15.1 Å². The van der Waals surface area contributed by atoms with Gasteiger partial charge >= 0.3 is 6.30 Å². The zero-order valence-corrected chi connectivity index (χ0v) is 17.8. The van der Waals surface area contributed by atoms with E-state index >= 15 is 0 Å². The third-order valence-corrected chi connectivity index (χ3v) is 4.46. The minimum absolute atomic E-state index is 0.135. The van der Waals surface area contributed by atoms with E-state index in [0.717, 1.165) is 37.2 Å². The van der Waals surface area contributed by atoms with Crippen molar-refractivity contribution in [3.05, 3.63) is 66.1 Å². The van der Waals surface area contributed by atoms with Crippen LogP contribution < -0.4 is 16.0 Å². The molecule has 3 heterocycles. The van der Waals surface area contributed by atoms with Crippen LogP contribution in [0.5, 0.6) is 0 Å². The lowest BCUT2D eigenvalue weighted by atomic mass is 10.1. The predicted molar refractivity (Wildman–Crippen MR) is 117 cm³/mol. The van der Waals surface area contributed by atoms with Crippen LogP contribution in [0.25, 0.3) is 11.3 Å². The molecule has 1 amide bonds. The lowest BCUT2D eigenvalue weighted by molar-refractivity contribution is -0.146. The molecule has 1 aliphatic heterocycles. The summed E-state index contributed by atoms with van der Waals surface area (Å²) >= 11 is 0. The number of nitrogens with one attached hydrogen (secondary N) is 3. The number of ether oxygens (including phenoxy) is 1. The van der Waals surface area contributed by atoms with E-state index in [0.29, 0.717) is 16.9 Å². The number of amides is 1. The Morgan fingerprint density at radius 2 is 1.91 bits per heavy atom. The van der Waals surface area contributed by atoms with Crippen molar-refractivity contribution >= 4 is 17.5 Å². The fourth-order valence-corrected chi connectivity index (χ4v) is 2.83. The number of benzene rings is 1. The number of pyridine rings is 1. The van der Waals surface area contributed by atoms with Crippen molar-refractivity contribution in [2.24, 2.45) is 0 Å². The highest BCUT2D eigenvalue weighted by Gasteiger charge is 2.30. The Hall–Kier alpha value is -3.57. The first-order valence-electron chi connectivity index (χ1n) is 10.1. The van der Waals surface area contributed by atoms with Crippen LogP contribution in [0, 0.1) is 6.92 Å². The van der Waals surface area contributed by atoms with Gasteiger partial charge in [0.2, 0.25) is 5.95 Å². The molecule has 3 N–H and O–H groups in total. The lowest BCUT2D eigenvalue weighted by Gasteiger charge is -2.12. The van der Waals surface area contributed by atoms with E-state index in [4.69, 9.17) is 4.74 Å². The molecule has 174 valence electrons. The molecule has 3 aromatic rings. The minimum Gasteiger partial charge on any atom is -0.379 e. The Morgan fingerprint density at radius 1 is 1.12 bits per heavy atom. The first-order chi connectivity index (χ1) is 15.8. The molecule has 4 rings (SSSR count). The number of carbonyl (C=O) groups excluding carboxylic acids is 1. The van der Waals surface area contributed by atoms with Crippen LogP contribution in [-0.4, -0.2) is 53.5 Å². The fourth-order valence-electron chi connectivity index (χ4n) is 2.83. The highest BCUT2D eigenvalue weighted by molar-refractivity contribution is 5.95. The molecular weight excluding hydrogens is 437 g/mol. The molecule has 33 heavy (non-hydrogen) atoms. The molecule has 1 saturated heterocycles. The average Bonchev–Trinajstić information content (AvgIpc) is 2.82. The lowest BCUT2D eigenvalue weighted by Crippen LogP contribution is -2.37. The quantitative estimate of drug-likeness (QED) is 0.513. The molecule has 11 heteroatoms. The van der Waals surface area contributed by atoms with Crippen molar-refractivity contribution in [1.29, 1.82) is 0 Å². The van der Waals surface area contributed by atoms with Crippen molar-refractivity contribution in [1.82, 2.24) is 25.6 Å². The molecule has 1 aromatic carbocycles. The van der Waals surface area contributed by atoms with Gasteiger partial charge in [0.25, 0.3) is 5.91 Å². The molecule has 1 aliphatic rings. The van der Waals surface area contributed by atoms with E-state index in [2.05, 4.69) is 25.6 Å². The van der Waals surface area contributed by atoms with Gasteiger partial charge < -0.3 is 15.4 Å². The van der Waals surface area contributed by atoms with Crippen LogP contribution in [-0.2, 0) is 4.74 Å². The Kier molecular flexibility index (Phi) is 8.28. The zero-order valence-electron chi connectivity index (χ0n) is 17.8. The molecule has 1 fully saturated rings. The van der Waals surface area contributed by atoms with Crippen molar-refractivity contribution in [2.75, 3.05) is 31.6 Å². The van der Waals surface area contributed by atoms with Gasteiger partial charge in [-0.15, -0.1) is 0 Å². The smallest absolute Gasteiger partial charge is 0.379 e. The molecule has 0 radical (unpaired) electrons. The maximum absolute atomic E-state index is 12.4. The predicted octanol–water partition coefficient (Wildman–Crippen LogP) is 3.45. The van der Waals surface area contributed by atoms with Crippen LogP contribution in [0.4, 0.5) is 24.8 Å². The number of aromatic nitrogens is 3. The van der Waals surface area contributed by atoms with Crippen molar-refractivity contribution < 1.29 is 22.7 Å². The van der Waals surface area contributed by atoms with Gasteiger partial charge in [0, 0.05) is 48.5 Å². The van der Waals surface area contributed by atoms with Gasteiger partial charge in [0.1, 0.15) is 0 Å². The standard InChI is InChI=1S/C18H14F3N5O.C4H9NO/c1-11-4-5-12(16(27)26-18(19,20)21)9-15(11)25-17-23-8-6-14(24-17)13-3-2-7-22-10-13;1-3-6-4-2-5-1/h2-10H,1H3,(H,26,27)(H,23,24,25);5H,1-4H2. The monoisotopic (exact) mass is 460 g/mol. The molecule has 0 atom stereocenters. The molecule has 0 spiro atoms. The summed E-state index contributed by atoms with van der Waals surface area (Å²) in [5.74, 6) is -0.997. The molecule has 0 saturated carbocycles. The number of nitrogens with zero attached hydrogens (tertiary/aromatic N) is 3. The third-order valence-electron chi connectivity index (χ3n) is 4.46. The maximum atomic E-state index is 12.4. The summed E-state index contributed by atoms with van der Waals surface area (Å²) in [5, 5.41) is 7.07. The molecule has 2 aromatic heterocycles. The van der Waals surface area contributed by atoms with Gasteiger partial charge in [0.15, 0.2) is 0 Å². The van der Waals surface area contributed by atoms with E-state index < -0.39 is 12.2 Å². The maximum Gasteiger partial charge on any atom is 0.484 e. The number of carbonyl (C=O) groups is 1. The van der Waals surface area contributed by atoms with Crippen LogP contribution in [0.15, 0.2) is 55.0 Å². The normalized spacial score (nSPS) is 13.5. The van der Waals surface area contributed by atoms with Crippen LogP contribution in [0.3, 0.4) is 0 Å². The second-order valence-electron chi connectivity index (χ2n) is 6.98. The Balaban J connectivity index is 0.000000442. The Labute approximate surface area is 188 Å². The summed E-state index contributed by atoms with van der Waals surface area (Å²) in [6.07, 6.45) is 0.0497. The molecule has 8 nitrogen and oxygen atoms in total. The first kappa shape index (κ1) is 24.1. The molecule has 0 unspecified atom stereocenters. The highest BCUT2D eigenvalue weighted by atomic mass is 19.4. The van der Waals surface area contributed by atoms with Gasteiger partial charge in [-0.1, -0.05) is 6.07 Å². The highest BCUT2D eigenvalue weighted by Crippen LogP contribution is 2.23. The fraction of sp³-hybridized carbons (Fsp3) is 0.273. The van der Waals surface area contributed by atoms with E-state index in [1.54, 1.807) is 43.7 Å². The summed E-state index contributed by atoms with van der Waals surface area (Å²) in [7, 11) is 0. The van der Waals surface area contributed by atoms with E-state index in [1.165, 1.54) is 12.1 Å². The van der Waals surface area contributed by atoms with Crippen LogP contribution in [0.1, 0.15) is 15.9 Å². The summed E-state index contributed by atoms with van der Waals surface area (Å²) < 4.78 is 42.1. The number of hydrogen-bond acceptors (Lipinski definition) is 7. The molecule has 0 aliphatic carbocycles. The number of alkyl halides is 3. The second kappa shape index (κ2) is 11.3. The van der Waals surface area contributed by atoms with Gasteiger partial charge in [-0.2, -0.15) is 13.2 Å². The van der Waals surface area contributed by atoms with E-state index in [1.807, 2.05) is 6.07 Å². The van der Waals surface area contributed by atoms with Crippen LogP contribution in [0.2, 0.25) is 0 Å². The number of anilines is 2. The van der Waals surface area contributed by atoms with Crippen molar-refractivity contribution in [3.63, 3.8) is 0 Å². The number of rotatable bonds is 4. The summed E-state index contributed by atoms with van der Waals surface area (Å²) in [4.78, 5) is 24.2. The summed E-state index contributed by atoms with van der Waals surface area (Å²) in [5.41, 5.74) is 2.42. The van der Waals surface area contributed by atoms with Crippen molar-refractivity contribution in [2.45, 2.75) is 13.2 Å².